The normalized spacial score (nSPS) is 12.4. The predicted octanol–water partition coefficient (Wildman–Crippen LogP) is 3.28. The molecule has 1 atom stereocenters. The van der Waals surface area contributed by atoms with Gasteiger partial charge in [0.25, 0.3) is 5.91 Å². The van der Waals surface area contributed by atoms with Gasteiger partial charge in [0.1, 0.15) is 5.75 Å². The molecule has 0 saturated heterocycles. The minimum atomic E-state index is -0.514. The van der Waals surface area contributed by atoms with Crippen LogP contribution in [-0.2, 0) is 11.3 Å². The molecular formula is C19H22Cl2N4O2. The number of carbonyl (C=O) groups is 1. The summed E-state index contributed by atoms with van der Waals surface area (Å²) in [5.74, 6) is 0.705. The van der Waals surface area contributed by atoms with E-state index in [0.29, 0.717) is 28.3 Å². The van der Waals surface area contributed by atoms with Crippen LogP contribution in [-0.4, -0.2) is 25.5 Å². The number of rotatable bonds is 7. The standard InChI is InChI=1S/C19H22Cl2N4O2/c1-12(14-6-7-16(20)17(21)9-14)25-19(23-2)24-10-13-4-3-5-15(8-13)27-11-18(22)26/h3-9,12H,10-11H2,1-2H3,(H2,22,26)(H2,23,24,25). The van der Waals surface area contributed by atoms with Crippen LogP contribution in [0, 0.1) is 0 Å². The molecule has 4 N–H and O–H groups in total. The van der Waals surface area contributed by atoms with Gasteiger partial charge in [-0.1, -0.05) is 41.4 Å². The fourth-order valence-corrected chi connectivity index (χ4v) is 2.66. The average molecular weight is 409 g/mol. The van der Waals surface area contributed by atoms with Crippen molar-refractivity contribution in [3.63, 3.8) is 0 Å². The number of nitrogens with zero attached hydrogens (tertiary/aromatic N) is 1. The lowest BCUT2D eigenvalue weighted by Gasteiger charge is -2.19. The van der Waals surface area contributed by atoms with Crippen molar-refractivity contribution in [3.8, 4) is 5.75 Å². The molecule has 0 aliphatic rings. The van der Waals surface area contributed by atoms with Crippen molar-refractivity contribution in [1.29, 1.82) is 0 Å². The highest BCUT2D eigenvalue weighted by molar-refractivity contribution is 6.42. The van der Waals surface area contributed by atoms with Gasteiger partial charge in [-0.05, 0) is 42.3 Å². The van der Waals surface area contributed by atoms with Crippen LogP contribution in [0.3, 0.4) is 0 Å². The van der Waals surface area contributed by atoms with E-state index < -0.39 is 5.91 Å². The fraction of sp³-hybridized carbons (Fsp3) is 0.263. The maximum absolute atomic E-state index is 10.8. The lowest BCUT2D eigenvalue weighted by molar-refractivity contribution is -0.119. The number of hydrogen-bond acceptors (Lipinski definition) is 3. The third-order valence-corrected chi connectivity index (χ3v) is 4.50. The van der Waals surface area contributed by atoms with E-state index in [0.717, 1.165) is 11.1 Å². The van der Waals surface area contributed by atoms with Crippen LogP contribution >= 0.6 is 23.2 Å². The summed E-state index contributed by atoms with van der Waals surface area (Å²) >= 11 is 12.0. The summed E-state index contributed by atoms with van der Waals surface area (Å²) in [5, 5.41) is 7.57. The van der Waals surface area contributed by atoms with Gasteiger partial charge in [-0.2, -0.15) is 0 Å². The number of primary amides is 1. The molecule has 0 fully saturated rings. The van der Waals surface area contributed by atoms with Crippen molar-refractivity contribution in [2.45, 2.75) is 19.5 Å². The Kier molecular flexibility index (Phi) is 7.76. The third-order valence-electron chi connectivity index (χ3n) is 3.76. The summed E-state index contributed by atoms with van der Waals surface area (Å²) in [6.45, 7) is 2.38. The molecule has 144 valence electrons. The molecule has 0 saturated carbocycles. The van der Waals surface area contributed by atoms with E-state index in [2.05, 4.69) is 15.6 Å². The molecule has 2 rings (SSSR count). The Morgan fingerprint density at radius 3 is 2.67 bits per heavy atom. The van der Waals surface area contributed by atoms with Crippen molar-refractivity contribution in [3.05, 3.63) is 63.6 Å². The lowest BCUT2D eigenvalue weighted by atomic mass is 10.1. The predicted molar refractivity (Wildman–Crippen MR) is 109 cm³/mol. The summed E-state index contributed by atoms with van der Waals surface area (Å²) in [6, 6.07) is 12.9. The van der Waals surface area contributed by atoms with Crippen LogP contribution < -0.4 is 21.1 Å². The van der Waals surface area contributed by atoms with Crippen LogP contribution in [0.4, 0.5) is 0 Å². The van der Waals surface area contributed by atoms with Gasteiger partial charge in [0.2, 0.25) is 0 Å². The molecule has 0 aliphatic carbocycles. The Bertz CT molecular complexity index is 827. The first-order valence-corrected chi connectivity index (χ1v) is 9.07. The Balaban J connectivity index is 1.94. The Morgan fingerprint density at radius 2 is 2.00 bits per heavy atom. The van der Waals surface area contributed by atoms with Gasteiger partial charge in [0.05, 0.1) is 16.1 Å². The average Bonchev–Trinajstić information content (AvgIpc) is 2.65. The largest absolute Gasteiger partial charge is 0.484 e. The van der Waals surface area contributed by atoms with Crippen molar-refractivity contribution in [1.82, 2.24) is 10.6 Å². The minimum absolute atomic E-state index is 0.0174. The van der Waals surface area contributed by atoms with Crippen molar-refractivity contribution in [2.75, 3.05) is 13.7 Å². The van der Waals surface area contributed by atoms with Gasteiger partial charge in [-0.3, -0.25) is 9.79 Å². The fourth-order valence-electron chi connectivity index (χ4n) is 2.35. The van der Waals surface area contributed by atoms with Crippen LogP contribution in [0.15, 0.2) is 47.5 Å². The number of ether oxygens (including phenoxy) is 1. The Labute approximate surface area is 168 Å². The second-order valence-electron chi connectivity index (χ2n) is 5.87. The summed E-state index contributed by atoms with van der Waals surface area (Å²) in [5.41, 5.74) is 7.06. The highest BCUT2D eigenvalue weighted by Gasteiger charge is 2.10. The first-order valence-electron chi connectivity index (χ1n) is 8.31. The zero-order valence-corrected chi connectivity index (χ0v) is 16.6. The number of aliphatic imine (C=N–C) groups is 1. The molecule has 0 spiro atoms. The molecule has 27 heavy (non-hydrogen) atoms. The number of hydrogen-bond donors (Lipinski definition) is 3. The first kappa shape index (κ1) is 20.9. The Morgan fingerprint density at radius 1 is 1.22 bits per heavy atom. The summed E-state index contributed by atoms with van der Waals surface area (Å²) < 4.78 is 5.31. The van der Waals surface area contributed by atoms with E-state index >= 15 is 0 Å². The maximum Gasteiger partial charge on any atom is 0.255 e. The van der Waals surface area contributed by atoms with Gasteiger partial charge in [-0.25, -0.2) is 0 Å². The molecule has 2 aromatic rings. The molecule has 0 radical (unpaired) electrons. The highest BCUT2D eigenvalue weighted by atomic mass is 35.5. The van der Waals surface area contributed by atoms with E-state index in [1.165, 1.54) is 0 Å². The molecular weight excluding hydrogens is 387 g/mol. The monoisotopic (exact) mass is 408 g/mol. The number of nitrogens with one attached hydrogen (secondary N) is 2. The SMILES string of the molecule is CN=C(NCc1cccc(OCC(N)=O)c1)NC(C)c1ccc(Cl)c(Cl)c1. The van der Waals surface area contributed by atoms with Gasteiger partial charge in [0, 0.05) is 13.6 Å². The molecule has 0 heterocycles. The topological polar surface area (TPSA) is 88.7 Å². The number of guanidine groups is 1. The number of carbonyl (C=O) groups excluding carboxylic acids is 1. The van der Waals surface area contributed by atoms with E-state index in [-0.39, 0.29) is 12.6 Å². The molecule has 0 bridgehead atoms. The van der Waals surface area contributed by atoms with E-state index in [4.69, 9.17) is 33.7 Å². The van der Waals surface area contributed by atoms with Crippen molar-refractivity contribution < 1.29 is 9.53 Å². The van der Waals surface area contributed by atoms with Crippen LogP contribution in [0.25, 0.3) is 0 Å². The van der Waals surface area contributed by atoms with Gasteiger partial charge >= 0.3 is 0 Å². The highest BCUT2D eigenvalue weighted by Crippen LogP contribution is 2.25. The maximum atomic E-state index is 10.8. The molecule has 1 unspecified atom stereocenters. The van der Waals surface area contributed by atoms with Crippen LogP contribution in [0.5, 0.6) is 5.75 Å². The number of benzene rings is 2. The van der Waals surface area contributed by atoms with E-state index in [1.54, 1.807) is 19.2 Å². The molecule has 0 aromatic heterocycles. The summed E-state index contributed by atoms with van der Waals surface area (Å²) in [6.07, 6.45) is 0. The second kappa shape index (κ2) is 10.0. The van der Waals surface area contributed by atoms with Gasteiger partial charge in [0.15, 0.2) is 12.6 Å². The van der Waals surface area contributed by atoms with Crippen LogP contribution in [0.1, 0.15) is 24.1 Å². The molecule has 1 amide bonds. The number of halogens is 2. The third kappa shape index (κ3) is 6.66. The lowest BCUT2D eigenvalue weighted by Crippen LogP contribution is -2.38. The zero-order valence-electron chi connectivity index (χ0n) is 15.1. The second-order valence-corrected chi connectivity index (χ2v) is 6.68. The minimum Gasteiger partial charge on any atom is -0.484 e. The zero-order chi connectivity index (χ0) is 19.8. The Hall–Kier alpha value is -2.44. The first-order chi connectivity index (χ1) is 12.9. The van der Waals surface area contributed by atoms with E-state index in [9.17, 15) is 4.79 Å². The van der Waals surface area contributed by atoms with Crippen molar-refractivity contribution >= 4 is 35.1 Å². The van der Waals surface area contributed by atoms with Crippen molar-refractivity contribution in [2.24, 2.45) is 10.7 Å². The molecule has 0 aliphatic heterocycles. The number of amides is 1. The smallest absolute Gasteiger partial charge is 0.255 e. The molecule has 6 nitrogen and oxygen atoms in total. The van der Waals surface area contributed by atoms with Gasteiger partial charge < -0.3 is 21.1 Å². The van der Waals surface area contributed by atoms with E-state index in [1.807, 2.05) is 37.3 Å². The van der Waals surface area contributed by atoms with Gasteiger partial charge in [-0.15, -0.1) is 0 Å². The molecule has 2 aromatic carbocycles. The summed E-state index contributed by atoms with van der Waals surface area (Å²) in [7, 11) is 1.70. The molecule has 8 heteroatoms. The van der Waals surface area contributed by atoms with Crippen LogP contribution in [0.2, 0.25) is 10.0 Å². The number of nitrogens with two attached hydrogens (primary N) is 1. The summed E-state index contributed by atoms with van der Waals surface area (Å²) in [4.78, 5) is 15.0. The quantitative estimate of drug-likeness (QED) is 0.484.